The molecule has 0 aromatic heterocycles. The summed E-state index contributed by atoms with van der Waals surface area (Å²) < 4.78 is 53.7. The maximum atomic E-state index is 13.8. The Morgan fingerprint density at radius 3 is 2.09 bits per heavy atom. The Hall–Kier alpha value is -0.770. The lowest BCUT2D eigenvalue weighted by Gasteiger charge is -2.29. The molecule has 0 bridgehead atoms. The molecular weight excluding hydrogens is 328 g/mol. The highest BCUT2D eigenvalue weighted by Gasteiger charge is 2.36. The zero-order valence-corrected chi connectivity index (χ0v) is 14.1. The van der Waals surface area contributed by atoms with Crippen molar-refractivity contribution in [2.45, 2.75) is 69.6 Å². The Morgan fingerprint density at radius 1 is 1.04 bits per heavy atom. The lowest BCUT2D eigenvalue weighted by molar-refractivity contribution is 0.0858. The lowest BCUT2D eigenvalue weighted by atomic mass is 9.77. The summed E-state index contributed by atoms with van der Waals surface area (Å²) in [7, 11) is 0. The van der Waals surface area contributed by atoms with Gasteiger partial charge in [-0.1, -0.05) is 32.6 Å². The monoisotopic (exact) mass is 350 g/mol. The van der Waals surface area contributed by atoms with Gasteiger partial charge in [0.25, 0.3) is 0 Å². The van der Waals surface area contributed by atoms with Crippen LogP contribution in [-0.2, 0) is 5.38 Å². The fourth-order valence-corrected chi connectivity index (χ4v) is 3.75. The molecule has 0 unspecified atom stereocenters. The minimum Gasteiger partial charge on any atom is -0.206 e. The van der Waals surface area contributed by atoms with Crippen LogP contribution in [0.1, 0.15) is 75.3 Å². The molecule has 5 heteroatoms. The molecule has 0 aliphatic heterocycles. The quantitative estimate of drug-likeness (QED) is 0.291. The molecule has 0 heterocycles. The second-order valence-corrected chi connectivity index (χ2v) is 7.05. The maximum Gasteiger partial charge on any atom is 0.353 e. The summed E-state index contributed by atoms with van der Waals surface area (Å²) in [5, 5.41) is -4.02. The third-order valence-corrected chi connectivity index (χ3v) is 5.07. The van der Waals surface area contributed by atoms with Crippen LogP contribution in [0.2, 0.25) is 0 Å². The van der Waals surface area contributed by atoms with E-state index in [0.29, 0.717) is 11.5 Å². The van der Waals surface area contributed by atoms with Gasteiger partial charge in [0.1, 0.15) is 17.2 Å². The van der Waals surface area contributed by atoms with E-state index in [4.69, 9.17) is 11.6 Å². The van der Waals surface area contributed by atoms with Crippen LogP contribution in [0.25, 0.3) is 0 Å². The van der Waals surface area contributed by atoms with Crippen molar-refractivity contribution in [3.05, 3.63) is 34.9 Å². The van der Waals surface area contributed by atoms with Crippen molar-refractivity contribution < 1.29 is 17.6 Å². The van der Waals surface area contributed by atoms with E-state index < -0.39 is 22.6 Å². The number of alkyl halides is 3. The van der Waals surface area contributed by atoms with Crippen molar-refractivity contribution in [2.24, 2.45) is 5.92 Å². The first-order valence-corrected chi connectivity index (χ1v) is 8.76. The Kier molecular flexibility index (Phi) is 6.35. The van der Waals surface area contributed by atoms with Gasteiger partial charge in [0.15, 0.2) is 0 Å². The maximum absolute atomic E-state index is 13.8. The summed E-state index contributed by atoms with van der Waals surface area (Å²) in [6, 6.07) is 2.05. The van der Waals surface area contributed by atoms with E-state index in [9.17, 15) is 17.6 Å². The third-order valence-electron chi connectivity index (χ3n) is 4.88. The molecule has 0 amide bonds. The molecule has 0 nitrogen and oxygen atoms in total. The first kappa shape index (κ1) is 18.6. The van der Waals surface area contributed by atoms with Crippen molar-refractivity contribution in [3.63, 3.8) is 0 Å². The molecule has 1 aromatic carbocycles. The van der Waals surface area contributed by atoms with E-state index in [1.165, 1.54) is 25.7 Å². The summed E-state index contributed by atoms with van der Waals surface area (Å²) in [5.41, 5.74) is -0.882. The second kappa shape index (κ2) is 7.87. The molecule has 1 aromatic rings. The number of benzene rings is 1. The lowest BCUT2D eigenvalue weighted by Crippen LogP contribution is -2.16. The molecule has 1 saturated carbocycles. The molecule has 1 aliphatic carbocycles. The van der Waals surface area contributed by atoms with Crippen molar-refractivity contribution >= 4 is 11.6 Å². The number of halogens is 5. The van der Waals surface area contributed by atoms with Crippen LogP contribution in [0.15, 0.2) is 12.1 Å². The molecule has 1 fully saturated rings. The van der Waals surface area contributed by atoms with Gasteiger partial charge in [-0.25, -0.2) is 8.78 Å². The smallest absolute Gasteiger partial charge is 0.206 e. The first-order chi connectivity index (χ1) is 10.8. The molecule has 0 saturated heterocycles. The summed E-state index contributed by atoms with van der Waals surface area (Å²) >= 11 is 4.77. The van der Waals surface area contributed by atoms with Gasteiger partial charge in [-0.15, -0.1) is 0 Å². The zero-order valence-electron chi connectivity index (χ0n) is 13.4. The van der Waals surface area contributed by atoms with Crippen molar-refractivity contribution in [3.8, 4) is 0 Å². The topological polar surface area (TPSA) is 0 Å². The van der Waals surface area contributed by atoms with E-state index in [0.717, 1.165) is 37.8 Å². The highest BCUT2D eigenvalue weighted by molar-refractivity contribution is 6.21. The van der Waals surface area contributed by atoms with Crippen LogP contribution in [-0.4, -0.2) is 0 Å². The molecule has 23 heavy (non-hydrogen) atoms. The van der Waals surface area contributed by atoms with Crippen LogP contribution in [0, 0.1) is 17.6 Å². The minimum absolute atomic E-state index is 0.0411. The molecule has 0 N–H and O–H groups in total. The first-order valence-electron chi connectivity index (χ1n) is 8.39. The highest BCUT2D eigenvalue weighted by Crippen LogP contribution is 2.41. The Morgan fingerprint density at radius 2 is 1.61 bits per heavy atom. The minimum atomic E-state index is -4.02. The Balaban J connectivity index is 2.02. The third kappa shape index (κ3) is 4.85. The van der Waals surface area contributed by atoms with Crippen LogP contribution in [0.5, 0.6) is 0 Å². The van der Waals surface area contributed by atoms with Crippen LogP contribution in [0.3, 0.4) is 0 Å². The Bertz CT molecular complexity index is 493. The SMILES string of the molecule is CCCCCC1CCC(c2cc(F)c(C(F)(F)Cl)c(F)c2)CC1. The number of rotatable bonds is 6. The van der Waals surface area contributed by atoms with Gasteiger partial charge in [-0.05, 0) is 66.8 Å². The van der Waals surface area contributed by atoms with E-state index in [1.807, 2.05) is 0 Å². The van der Waals surface area contributed by atoms with Crippen LogP contribution in [0.4, 0.5) is 17.6 Å². The zero-order chi connectivity index (χ0) is 17.0. The highest BCUT2D eigenvalue weighted by atomic mass is 35.5. The fraction of sp³-hybridized carbons (Fsp3) is 0.667. The van der Waals surface area contributed by atoms with Crippen molar-refractivity contribution in [1.82, 2.24) is 0 Å². The van der Waals surface area contributed by atoms with Gasteiger partial charge < -0.3 is 0 Å². The van der Waals surface area contributed by atoms with Crippen LogP contribution < -0.4 is 0 Å². The fourth-order valence-electron chi connectivity index (χ4n) is 3.57. The van der Waals surface area contributed by atoms with Crippen LogP contribution >= 0.6 is 11.6 Å². The van der Waals surface area contributed by atoms with E-state index in [2.05, 4.69) is 6.92 Å². The van der Waals surface area contributed by atoms with Crippen molar-refractivity contribution in [1.29, 1.82) is 0 Å². The standard InChI is InChI=1S/C18H23ClF4/c1-2-3-4-5-12-6-8-13(9-7-12)14-10-15(20)17(16(21)11-14)18(19,22)23/h10-13H,2-9H2,1H3. The average molecular weight is 351 g/mol. The van der Waals surface area contributed by atoms with Crippen molar-refractivity contribution in [2.75, 3.05) is 0 Å². The molecule has 0 radical (unpaired) electrons. The second-order valence-electron chi connectivity index (χ2n) is 6.57. The largest absolute Gasteiger partial charge is 0.353 e. The predicted octanol–water partition coefficient (Wildman–Crippen LogP) is 7.11. The summed E-state index contributed by atoms with van der Waals surface area (Å²) in [6.45, 7) is 2.17. The number of hydrogen-bond acceptors (Lipinski definition) is 0. The van der Waals surface area contributed by atoms with E-state index >= 15 is 0 Å². The van der Waals surface area contributed by atoms with Gasteiger partial charge in [-0.2, -0.15) is 8.78 Å². The van der Waals surface area contributed by atoms with Gasteiger partial charge in [-0.3, -0.25) is 0 Å². The molecule has 0 atom stereocenters. The average Bonchev–Trinajstić information content (AvgIpc) is 2.46. The molecule has 130 valence electrons. The molecule has 1 aliphatic rings. The predicted molar refractivity (Wildman–Crippen MR) is 84.9 cm³/mol. The normalized spacial score (nSPS) is 22.3. The van der Waals surface area contributed by atoms with Gasteiger partial charge in [0.2, 0.25) is 0 Å². The Labute approximate surface area is 140 Å². The summed E-state index contributed by atoms with van der Waals surface area (Å²) in [5.74, 6) is -1.80. The van der Waals surface area contributed by atoms with E-state index in [1.54, 1.807) is 0 Å². The number of hydrogen-bond donors (Lipinski definition) is 0. The van der Waals surface area contributed by atoms with Gasteiger partial charge in [0, 0.05) is 0 Å². The molecule has 0 spiro atoms. The summed E-state index contributed by atoms with van der Waals surface area (Å²) in [4.78, 5) is 0. The van der Waals surface area contributed by atoms with E-state index in [-0.39, 0.29) is 5.92 Å². The molecular formula is C18H23ClF4. The summed E-state index contributed by atoms with van der Waals surface area (Å²) in [6.07, 6.45) is 8.65. The molecule has 2 rings (SSSR count). The van der Waals surface area contributed by atoms with Gasteiger partial charge in [0.05, 0.1) is 0 Å². The van der Waals surface area contributed by atoms with Gasteiger partial charge >= 0.3 is 5.38 Å². The number of unbranched alkanes of at least 4 members (excludes halogenated alkanes) is 2.